The van der Waals surface area contributed by atoms with Crippen LogP contribution in [-0.4, -0.2) is 35.0 Å². The highest BCUT2D eigenvalue weighted by Crippen LogP contribution is 2.33. The number of amides is 2. The fraction of sp³-hybridized carbons (Fsp3) is 0.750. The van der Waals surface area contributed by atoms with Crippen molar-refractivity contribution in [3.8, 4) is 0 Å². The van der Waals surface area contributed by atoms with Crippen molar-refractivity contribution in [2.75, 3.05) is 6.54 Å². The molecule has 1 atom stereocenters. The van der Waals surface area contributed by atoms with Gasteiger partial charge in [-0.2, -0.15) is 0 Å². The predicted octanol–water partition coefficient (Wildman–Crippen LogP) is 0.0262. The summed E-state index contributed by atoms with van der Waals surface area (Å²) in [5, 5.41) is 14.4. The highest BCUT2D eigenvalue weighted by atomic mass is 16.4. The van der Waals surface area contributed by atoms with Gasteiger partial charge in [-0.25, -0.2) is 0 Å². The molecule has 6 heteroatoms. The highest BCUT2D eigenvalue weighted by Gasteiger charge is 2.39. The number of nitrogens with one attached hydrogen (secondary N) is 2. The molecule has 2 amide bonds. The molecule has 0 radical (unpaired) electrons. The first-order valence-corrected chi connectivity index (χ1v) is 6.31. The van der Waals surface area contributed by atoms with Crippen LogP contribution in [0.2, 0.25) is 0 Å². The van der Waals surface area contributed by atoms with Gasteiger partial charge in [-0.3, -0.25) is 14.4 Å². The summed E-state index contributed by atoms with van der Waals surface area (Å²) in [5.74, 6) is -1.56. The molecule has 1 aliphatic carbocycles. The molecule has 100 valence electrons. The number of carboxylic acid groups (broad SMARTS) is 1. The SMILES string of the molecule is O=C(O)CC1(NC(=O)C2CNC(=O)C2)CCCC1. The summed E-state index contributed by atoms with van der Waals surface area (Å²) in [4.78, 5) is 34.0. The fourth-order valence-electron chi connectivity index (χ4n) is 2.84. The maximum absolute atomic E-state index is 12.0. The van der Waals surface area contributed by atoms with Crippen molar-refractivity contribution in [3.05, 3.63) is 0 Å². The van der Waals surface area contributed by atoms with E-state index >= 15 is 0 Å². The van der Waals surface area contributed by atoms with Crippen LogP contribution in [0.25, 0.3) is 0 Å². The first kappa shape index (κ1) is 12.9. The number of hydrogen-bond acceptors (Lipinski definition) is 3. The first-order valence-electron chi connectivity index (χ1n) is 6.31. The molecule has 2 aliphatic rings. The van der Waals surface area contributed by atoms with Crippen LogP contribution in [0, 0.1) is 5.92 Å². The van der Waals surface area contributed by atoms with E-state index in [0.29, 0.717) is 19.4 Å². The van der Waals surface area contributed by atoms with Crippen LogP contribution in [-0.2, 0) is 14.4 Å². The van der Waals surface area contributed by atoms with Crippen LogP contribution in [0.1, 0.15) is 38.5 Å². The highest BCUT2D eigenvalue weighted by molar-refractivity contribution is 5.89. The largest absolute Gasteiger partial charge is 0.481 e. The number of hydrogen-bond donors (Lipinski definition) is 3. The van der Waals surface area contributed by atoms with Gasteiger partial charge < -0.3 is 15.7 Å². The Hall–Kier alpha value is -1.59. The van der Waals surface area contributed by atoms with Crippen molar-refractivity contribution in [3.63, 3.8) is 0 Å². The molecule has 0 bridgehead atoms. The van der Waals surface area contributed by atoms with Gasteiger partial charge >= 0.3 is 5.97 Å². The number of carbonyl (C=O) groups excluding carboxylic acids is 2. The van der Waals surface area contributed by atoms with Crippen LogP contribution in [0.4, 0.5) is 0 Å². The second-order valence-electron chi connectivity index (χ2n) is 5.25. The summed E-state index contributed by atoms with van der Waals surface area (Å²) in [6.45, 7) is 0.355. The maximum atomic E-state index is 12.0. The Kier molecular flexibility index (Phi) is 3.54. The van der Waals surface area contributed by atoms with Gasteiger partial charge in [-0.1, -0.05) is 12.8 Å². The monoisotopic (exact) mass is 254 g/mol. The third-order valence-electron chi connectivity index (χ3n) is 3.79. The number of aliphatic carboxylic acids is 1. The average molecular weight is 254 g/mol. The Morgan fingerprint density at radius 2 is 2.06 bits per heavy atom. The summed E-state index contributed by atoms with van der Waals surface area (Å²) < 4.78 is 0. The lowest BCUT2D eigenvalue weighted by Crippen LogP contribution is -2.50. The number of carboxylic acids is 1. The van der Waals surface area contributed by atoms with Gasteiger partial charge in [0.25, 0.3) is 0 Å². The van der Waals surface area contributed by atoms with Crippen molar-refractivity contribution < 1.29 is 19.5 Å². The van der Waals surface area contributed by atoms with Crippen LogP contribution in [0.3, 0.4) is 0 Å². The van der Waals surface area contributed by atoms with Gasteiger partial charge in [-0.15, -0.1) is 0 Å². The van der Waals surface area contributed by atoms with Crippen LogP contribution in [0.5, 0.6) is 0 Å². The second-order valence-corrected chi connectivity index (χ2v) is 5.25. The van der Waals surface area contributed by atoms with E-state index in [-0.39, 0.29) is 30.6 Å². The van der Waals surface area contributed by atoms with E-state index < -0.39 is 11.5 Å². The molecule has 0 aromatic heterocycles. The van der Waals surface area contributed by atoms with Crippen molar-refractivity contribution in [2.45, 2.75) is 44.1 Å². The molecular weight excluding hydrogens is 236 g/mol. The molecular formula is C12H18N2O4. The average Bonchev–Trinajstić information content (AvgIpc) is 2.87. The summed E-state index contributed by atoms with van der Waals surface area (Å²) in [6, 6.07) is 0. The lowest BCUT2D eigenvalue weighted by Gasteiger charge is -2.29. The van der Waals surface area contributed by atoms with Gasteiger partial charge in [0.05, 0.1) is 17.9 Å². The van der Waals surface area contributed by atoms with Crippen molar-refractivity contribution in [1.82, 2.24) is 10.6 Å². The van der Waals surface area contributed by atoms with E-state index in [9.17, 15) is 14.4 Å². The minimum atomic E-state index is -0.891. The zero-order valence-corrected chi connectivity index (χ0v) is 10.2. The molecule has 0 spiro atoms. The molecule has 0 aromatic rings. The van der Waals surface area contributed by atoms with E-state index in [0.717, 1.165) is 12.8 Å². The second kappa shape index (κ2) is 4.96. The van der Waals surface area contributed by atoms with Crippen molar-refractivity contribution in [2.24, 2.45) is 5.92 Å². The van der Waals surface area contributed by atoms with Crippen LogP contribution >= 0.6 is 0 Å². The van der Waals surface area contributed by atoms with E-state index in [1.807, 2.05) is 0 Å². The maximum Gasteiger partial charge on any atom is 0.305 e. The molecule has 1 aliphatic heterocycles. The third kappa shape index (κ3) is 2.80. The zero-order chi connectivity index (χ0) is 13.2. The smallest absolute Gasteiger partial charge is 0.305 e. The minimum Gasteiger partial charge on any atom is -0.481 e. The lowest BCUT2D eigenvalue weighted by molar-refractivity contribution is -0.139. The predicted molar refractivity (Wildman–Crippen MR) is 62.7 cm³/mol. The zero-order valence-electron chi connectivity index (χ0n) is 10.2. The van der Waals surface area contributed by atoms with Gasteiger partial charge in [0.15, 0.2) is 0 Å². The quantitative estimate of drug-likeness (QED) is 0.659. The standard InChI is InChI=1S/C12H18N2O4/c15-9-5-8(7-13-9)11(18)14-12(6-10(16)17)3-1-2-4-12/h8H,1-7H2,(H,13,15)(H,14,18)(H,16,17). The summed E-state index contributed by atoms with van der Waals surface area (Å²) in [5.41, 5.74) is -0.603. The fourth-order valence-corrected chi connectivity index (χ4v) is 2.84. The molecule has 6 nitrogen and oxygen atoms in total. The third-order valence-corrected chi connectivity index (χ3v) is 3.79. The van der Waals surface area contributed by atoms with Gasteiger partial charge in [0.2, 0.25) is 11.8 Å². The molecule has 1 unspecified atom stereocenters. The Balaban J connectivity index is 1.98. The first-order chi connectivity index (χ1) is 8.51. The van der Waals surface area contributed by atoms with E-state index in [1.54, 1.807) is 0 Å². The summed E-state index contributed by atoms with van der Waals surface area (Å²) in [6.07, 6.45) is 3.46. The van der Waals surface area contributed by atoms with Crippen molar-refractivity contribution >= 4 is 17.8 Å². The topological polar surface area (TPSA) is 95.5 Å². The Morgan fingerprint density at radius 3 is 2.56 bits per heavy atom. The van der Waals surface area contributed by atoms with E-state index in [1.165, 1.54) is 0 Å². The van der Waals surface area contributed by atoms with Gasteiger partial charge in [-0.05, 0) is 12.8 Å². The lowest BCUT2D eigenvalue weighted by atomic mass is 9.92. The Labute approximate surface area is 105 Å². The van der Waals surface area contributed by atoms with Gasteiger partial charge in [0.1, 0.15) is 0 Å². The molecule has 1 saturated heterocycles. The molecule has 2 fully saturated rings. The Morgan fingerprint density at radius 1 is 1.39 bits per heavy atom. The minimum absolute atomic E-state index is 0.0349. The normalized spacial score (nSPS) is 25.8. The molecule has 1 saturated carbocycles. The molecule has 0 aromatic carbocycles. The summed E-state index contributed by atoms with van der Waals surface area (Å²) >= 11 is 0. The van der Waals surface area contributed by atoms with E-state index in [2.05, 4.69) is 10.6 Å². The van der Waals surface area contributed by atoms with E-state index in [4.69, 9.17) is 5.11 Å². The summed E-state index contributed by atoms with van der Waals surface area (Å²) in [7, 11) is 0. The number of carbonyl (C=O) groups is 3. The van der Waals surface area contributed by atoms with Gasteiger partial charge in [0, 0.05) is 13.0 Å². The van der Waals surface area contributed by atoms with Crippen LogP contribution < -0.4 is 10.6 Å². The molecule has 2 rings (SSSR count). The van der Waals surface area contributed by atoms with Crippen LogP contribution in [0.15, 0.2) is 0 Å². The molecule has 1 heterocycles. The molecule has 3 N–H and O–H groups in total. The molecule has 18 heavy (non-hydrogen) atoms. The van der Waals surface area contributed by atoms with Crippen molar-refractivity contribution in [1.29, 1.82) is 0 Å². The Bertz CT molecular complexity index is 374. The number of rotatable bonds is 4.